The third-order valence-electron chi connectivity index (χ3n) is 6.88. The largest absolute Gasteiger partial charge is 0.341 e. The van der Waals surface area contributed by atoms with Gasteiger partial charge in [-0.1, -0.05) is 18.2 Å². The number of benzene rings is 2. The highest BCUT2D eigenvalue weighted by Crippen LogP contribution is 2.39. The number of para-hydroxylation sites is 1. The molecule has 0 spiro atoms. The molecular weight excluding hydrogens is 515 g/mol. The lowest BCUT2D eigenvalue weighted by Gasteiger charge is -2.21. The molecule has 196 valence electrons. The molecule has 1 saturated heterocycles. The van der Waals surface area contributed by atoms with Crippen LogP contribution in [0.15, 0.2) is 79.4 Å². The van der Waals surface area contributed by atoms with E-state index in [9.17, 15) is 9.59 Å². The van der Waals surface area contributed by atoms with Crippen LogP contribution >= 0.6 is 11.3 Å². The van der Waals surface area contributed by atoms with Gasteiger partial charge in [0.15, 0.2) is 0 Å². The summed E-state index contributed by atoms with van der Waals surface area (Å²) >= 11 is 1.55. The van der Waals surface area contributed by atoms with Crippen LogP contribution < -0.4 is 15.1 Å². The van der Waals surface area contributed by atoms with Gasteiger partial charge in [-0.25, -0.2) is 9.37 Å². The summed E-state index contributed by atoms with van der Waals surface area (Å²) < 4.78 is 18.2. The summed E-state index contributed by atoms with van der Waals surface area (Å²) in [4.78, 5) is 39.1. The first-order valence-electron chi connectivity index (χ1n) is 12.5. The van der Waals surface area contributed by atoms with E-state index in [0.717, 1.165) is 32.2 Å². The first-order chi connectivity index (χ1) is 18.9. The number of hydrogen-bond donors (Lipinski definition) is 1. The first-order valence-corrected chi connectivity index (χ1v) is 13.3. The number of imidazole rings is 1. The Balaban J connectivity index is 1.20. The van der Waals surface area contributed by atoms with Gasteiger partial charge >= 0.3 is 0 Å². The second-order valence-electron chi connectivity index (χ2n) is 9.46. The molecule has 1 aliphatic heterocycles. The molecule has 4 heterocycles. The number of carbonyl (C=O) groups is 2. The van der Waals surface area contributed by atoms with Crippen molar-refractivity contribution in [1.29, 1.82) is 0 Å². The van der Waals surface area contributed by atoms with Crippen molar-refractivity contribution in [3.8, 4) is 10.6 Å². The Labute approximate surface area is 228 Å². The second-order valence-corrected chi connectivity index (χ2v) is 10.5. The minimum absolute atomic E-state index is 0.252. The fraction of sp³-hybridized carbons (Fsp3) is 0.172. The fourth-order valence-electron chi connectivity index (χ4n) is 4.86. The molecule has 1 aliphatic rings. The lowest BCUT2D eigenvalue weighted by atomic mass is 10.1. The summed E-state index contributed by atoms with van der Waals surface area (Å²) in [5, 5.41) is 2.72. The summed E-state index contributed by atoms with van der Waals surface area (Å²) in [6, 6.07) is 17.6. The number of anilines is 4. The van der Waals surface area contributed by atoms with E-state index in [1.807, 2.05) is 60.3 Å². The van der Waals surface area contributed by atoms with E-state index in [0.29, 0.717) is 24.3 Å². The highest BCUT2D eigenvalue weighted by molar-refractivity contribution is 7.22. The van der Waals surface area contributed by atoms with Crippen molar-refractivity contribution in [3.05, 3.63) is 85.2 Å². The molecule has 6 rings (SSSR count). The van der Waals surface area contributed by atoms with E-state index < -0.39 is 17.6 Å². The predicted molar refractivity (Wildman–Crippen MR) is 152 cm³/mol. The summed E-state index contributed by atoms with van der Waals surface area (Å²) in [6.07, 6.45) is 5.80. The summed E-state index contributed by atoms with van der Waals surface area (Å²) in [5.41, 5.74) is 3.88. The molecule has 8 nitrogen and oxygen atoms in total. The van der Waals surface area contributed by atoms with Crippen LogP contribution in [0.4, 0.5) is 27.1 Å². The molecular formula is C29H25FN6O2S. The number of amides is 2. The van der Waals surface area contributed by atoms with Gasteiger partial charge in [0.25, 0.3) is 0 Å². The second kappa shape index (κ2) is 9.95. The molecule has 0 saturated carbocycles. The molecule has 2 amide bonds. The van der Waals surface area contributed by atoms with Gasteiger partial charge in [0.1, 0.15) is 11.7 Å². The maximum Gasteiger partial charge on any atom is 0.239 e. The number of aryl methyl sites for hydroxylation is 1. The first kappa shape index (κ1) is 24.7. The lowest BCUT2D eigenvalue weighted by molar-refractivity contribution is -0.129. The molecule has 39 heavy (non-hydrogen) atoms. The van der Waals surface area contributed by atoms with Gasteiger partial charge in [-0.05, 0) is 48.9 Å². The van der Waals surface area contributed by atoms with Crippen LogP contribution in [0.25, 0.3) is 20.8 Å². The Morgan fingerprint density at radius 1 is 1.10 bits per heavy atom. The fourth-order valence-corrected chi connectivity index (χ4v) is 5.98. The Hall–Kier alpha value is -4.57. The standard InChI is InChI=1S/C29H25FN6O2S/c1-34-16-23(32-17-34)26-15-22-27(39-26)25(10-12-31-22)35(2)24-9-8-18(14-21(24)30)33-28(37)20-11-13-36(29(20)38)19-6-4-3-5-7-19/h3-10,12,14-17,20H,11,13H2,1-2H3,(H,33,37). The lowest BCUT2D eigenvalue weighted by Crippen LogP contribution is -2.33. The topological polar surface area (TPSA) is 83.4 Å². The Bertz CT molecular complexity index is 1700. The van der Waals surface area contributed by atoms with Crippen LogP contribution in [0.3, 0.4) is 0 Å². The molecule has 0 bridgehead atoms. The molecule has 1 atom stereocenters. The summed E-state index contributed by atoms with van der Waals surface area (Å²) in [6.45, 7) is 0.462. The number of thiophene rings is 1. The van der Waals surface area contributed by atoms with Gasteiger partial charge in [0, 0.05) is 44.4 Å². The zero-order valence-electron chi connectivity index (χ0n) is 21.3. The number of carbonyl (C=O) groups excluding carboxylic acids is 2. The van der Waals surface area contributed by atoms with E-state index in [-0.39, 0.29) is 5.91 Å². The third kappa shape index (κ3) is 4.63. The van der Waals surface area contributed by atoms with Crippen LogP contribution in [0, 0.1) is 11.7 Å². The van der Waals surface area contributed by atoms with E-state index >= 15 is 4.39 Å². The molecule has 1 fully saturated rings. The number of nitrogens with one attached hydrogen (secondary N) is 1. The van der Waals surface area contributed by atoms with Crippen LogP contribution in [0.5, 0.6) is 0 Å². The van der Waals surface area contributed by atoms with E-state index in [2.05, 4.69) is 15.3 Å². The van der Waals surface area contributed by atoms with Crippen LogP contribution in [0.1, 0.15) is 6.42 Å². The van der Waals surface area contributed by atoms with Crippen molar-refractivity contribution < 1.29 is 14.0 Å². The molecule has 2 aromatic carbocycles. The predicted octanol–water partition coefficient (Wildman–Crippen LogP) is 5.60. The average molecular weight is 541 g/mol. The maximum atomic E-state index is 15.4. The number of hydrogen-bond acceptors (Lipinski definition) is 6. The molecule has 10 heteroatoms. The number of nitrogens with zero attached hydrogens (tertiary/aromatic N) is 5. The SMILES string of the molecule is CN(c1ccc(NC(=O)C2CCN(c3ccccc3)C2=O)cc1F)c1ccnc2cc(-c3cn(C)cn3)sc12. The van der Waals surface area contributed by atoms with Gasteiger partial charge in [0.05, 0.1) is 38.5 Å². The van der Waals surface area contributed by atoms with Gasteiger partial charge in [0.2, 0.25) is 11.8 Å². The summed E-state index contributed by atoms with van der Waals surface area (Å²) in [5.74, 6) is -1.99. The van der Waals surface area contributed by atoms with Crippen molar-refractivity contribution in [2.24, 2.45) is 13.0 Å². The van der Waals surface area contributed by atoms with Gasteiger partial charge in [-0.2, -0.15) is 0 Å². The zero-order valence-corrected chi connectivity index (χ0v) is 22.2. The molecule has 0 aliphatic carbocycles. The number of rotatable bonds is 6. The Morgan fingerprint density at radius 3 is 2.67 bits per heavy atom. The third-order valence-corrected chi connectivity index (χ3v) is 8.05. The smallest absolute Gasteiger partial charge is 0.239 e. The molecule has 1 N–H and O–H groups in total. The van der Waals surface area contributed by atoms with Crippen molar-refractivity contribution >= 4 is 56.1 Å². The summed E-state index contributed by atoms with van der Waals surface area (Å²) in [7, 11) is 3.71. The van der Waals surface area contributed by atoms with Crippen molar-refractivity contribution in [2.45, 2.75) is 6.42 Å². The minimum Gasteiger partial charge on any atom is -0.341 e. The molecule has 1 unspecified atom stereocenters. The highest BCUT2D eigenvalue weighted by Gasteiger charge is 2.37. The quantitative estimate of drug-likeness (QED) is 0.284. The molecule has 5 aromatic rings. The molecule has 0 radical (unpaired) electrons. The highest BCUT2D eigenvalue weighted by atomic mass is 32.1. The number of fused-ring (bicyclic) bond motifs is 1. The van der Waals surface area contributed by atoms with Crippen molar-refractivity contribution in [2.75, 3.05) is 28.7 Å². The minimum atomic E-state index is -0.812. The van der Waals surface area contributed by atoms with Gasteiger partial charge < -0.3 is 19.7 Å². The van der Waals surface area contributed by atoms with Crippen molar-refractivity contribution in [1.82, 2.24) is 14.5 Å². The number of pyridine rings is 1. The van der Waals surface area contributed by atoms with Crippen LogP contribution in [-0.2, 0) is 16.6 Å². The number of aromatic nitrogens is 3. The Morgan fingerprint density at radius 2 is 1.92 bits per heavy atom. The van der Waals surface area contributed by atoms with Crippen LogP contribution in [0.2, 0.25) is 0 Å². The number of halogens is 1. The van der Waals surface area contributed by atoms with E-state index in [1.165, 1.54) is 6.07 Å². The van der Waals surface area contributed by atoms with Crippen LogP contribution in [-0.4, -0.2) is 39.9 Å². The van der Waals surface area contributed by atoms with Gasteiger partial charge in [-0.15, -0.1) is 11.3 Å². The normalized spacial score (nSPS) is 15.2. The zero-order chi connectivity index (χ0) is 27.1. The monoisotopic (exact) mass is 540 g/mol. The van der Waals surface area contributed by atoms with Gasteiger partial charge in [-0.3, -0.25) is 14.6 Å². The Kier molecular flexibility index (Phi) is 6.32. The molecule has 3 aromatic heterocycles. The van der Waals surface area contributed by atoms with Crippen molar-refractivity contribution in [3.63, 3.8) is 0 Å². The van der Waals surface area contributed by atoms with E-state index in [4.69, 9.17) is 0 Å². The average Bonchev–Trinajstić information content (AvgIpc) is 3.66. The maximum absolute atomic E-state index is 15.4. The van der Waals surface area contributed by atoms with E-state index in [1.54, 1.807) is 52.8 Å².